The molecule has 3 heterocycles. The van der Waals surface area contributed by atoms with Crippen LogP contribution >= 0.6 is 10.8 Å². The molecule has 0 aliphatic carbocycles. The first kappa shape index (κ1) is 29.5. The zero-order valence-corrected chi connectivity index (χ0v) is 20.4. The molecule has 2 aliphatic rings. The molecule has 0 spiro atoms. The van der Waals surface area contributed by atoms with E-state index >= 15 is 0 Å². The molecule has 35 heavy (non-hydrogen) atoms. The van der Waals surface area contributed by atoms with Crippen LogP contribution in [0.15, 0.2) is 18.3 Å². The lowest BCUT2D eigenvalue weighted by Crippen LogP contribution is -2.57. The molecule has 3 rings (SSSR count). The Morgan fingerprint density at radius 1 is 1.29 bits per heavy atom. The van der Waals surface area contributed by atoms with Crippen molar-refractivity contribution in [2.75, 3.05) is 32.9 Å². The molecular formula is C21H33F4N3O6S. The maximum atomic E-state index is 13.0. The Morgan fingerprint density at radius 3 is 2.37 bits per heavy atom. The van der Waals surface area contributed by atoms with E-state index in [1.54, 1.807) is 11.5 Å². The van der Waals surface area contributed by atoms with Crippen LogP contribution < -0.4 is 10.2 Å². The van der Waals surface area contributed by atoms with Gasteiger partial charge in [0.1, 0.15) is 5.75 Å². The Morgan fingerprint density at radius 2 is 1.89 bits per heavy atom. The molecule has 4 N–H and O–H groups in total. The molecule has 1 amide bonds. The lowest BCUT2D eigenvalue weighted by molar-refractivity contribution is -0.148. The predicted octanol–water partition coefficient (Wildman–Crippen LogP) is 4.29. The summed E-state index contributed by atoms with van der Waals surface area (Å²) in [6, 6.07) is 2.92. The highest BCUT2D eigenvalue weighted by Crippen LogP contribution is 2.60. The molecule has 2 aliphatic heterocycles. The molecular weight excluding hydrogens is 498 g/mol. The van der Waals surface area contributed by atoms with Gasteiger partial charge in [0.15, 0.2) is 11.4 Å². The van der Waals surface area contributed by atoms with E-state index in [9.17, 15) is 36.7 Å². The summed E-state index contributed by atoms with van der Waals surface area (Å²) in [5, 5.41) is 9.17. The molecule has 202 valence electrons. The van der Waals surface area contributed by atoms with Gasteiger partial charge < -0.3 is 9.47 Å². The lowest BCUT2D eigenvalue weighted by atomic mass is 9.94. The second-order valence-electron chi connectivity index (χ2n) is 8.04. The zero-order chi connectivity index (χ0) is 26.3. The summed E-state index contributed by atoms with van der Waals surface area (Å²) in [7, 11) is -3.59. The van der Waals surface area contributed by atoms with E-state index in [0.29, 0.717) is 18.5 Å². The van der Waals surface area contributed by atoms with Gasteiger partial charge >= 0.3 is 12.3 Å². The molecule has 14 heteroatoms. The van der Waals surface area contributed by atoms with Crippen LogP contribution in [0.1, 0.15) is 51.1 Å². The van der Waals surface area contributed by atoms with Crippen LogP contribution in [0.5, 0.6) is 5.75 Å². The highest BCUT2D eigenvalue weighted by molar-refractivity contribution is 8.24. The molecule has 0 radical (unpaired) electrons. The first-order valence-corrected chi connectivity index (χ1v) is 12.8. The molecule has 0 aromatic carbocycles. The van der Waals surface area contributed by atoms with Crippen LogP contribution in [0.3, 0.4) is 0 Å². The highest BCUT2D eigenvalue weighted by atomic mass is 32.3. The average molecular weight is 532 g/mol. The quantitative estimate of drug-likeness (QED) is 0.223. The maximum absolute atomic E-state index is 13.0. The van der Waals surface area contributed by atoms with E-state index in [1.165, 1.54) is 16.6 Å². The van der Waals surface area contributed by atoms with Crippen LogP contribution in [-0.2, 0) is 9.53 Å². The van der Waals surface area contributed by atoms with Gasteiger partial charge in [-0.2, -0.15) is 8.78 Å². The van der Waals surface area contributed by atoms with Crippen molar-refractivity contribution >= 4 is 16.7 Å². The fourth-order valence-electron chi connectivity index (χ4n) is 4.04. The van der Waals surface area contributed by atoms with Crippen LogP contribution in [-0.4, -0.2) is 79.5 Å². The van der Waals surface area contributed by atoms with E-state index < -0.39 is 40.4 Å². The van der Waals surface area contributed by atoms with Crippen molar-refractivity contribution < 1.29 is 46.1 Å². The molecule has 1 aromatic rings. The first-order valence-electron chi connectivity index (χ1n) is 11.3. The number of piperidine rings is 1. The fourth-order valence-corrected chi connectivity index (χ4v) is 6.27. The van der Waals surface area contributed by atoms with Crippen molar-refractivity contribution in [3.63, 3.8) is 0 Å². The Bertz CT molecular complexity index is 805. The summed E-state index contributed by atoms with van der Waals surface area (Å²) in [6.45, 7) is 3.34. The number of rotatable bonds is 8. The summed E-state index contributed by atoms with van der Waals surface area (Å²) < 4.78 is 82.4. The van der Waals surface area contributed by atoms with Crippen LogP contribution in [0, 0.1) is 0 Å². The second kappa shape index (κ2) is 12.5. The van der Waals surface area contributed by atoms with E-state index in [1.807, 2.05) is 13.8 Å². The fraction of sp³-hybridized carbons (Fsp3) is 0.714. The smallest absolute Gasteiger partial charge is 0.340 e. The molecule has 1 aromatic heterocycles. The van der Waals surface area contributed by atoms with Crippen LogP contribution in [0.2, 0.25) is 0 Å². The number of aromatic nitrogens is 1. The second-order valence-corrected chi connectivity index (χ2v) is 10.4. The van der Waals surface area contributed by atoms with E-state index in [2.05, 4.69) is 4.98 Å². The van der Waals surface area contributed by atoms with Crippen molar-refractivity contribution in [1.29, 1.82) is 0 Å². The number of alkyl halides is 4. The topological polar surface area (TPSA) is 124 Å². The number of pyridine rings is 1. The standard InChI is InChI=1S/C19H27F4N3O6S.C2H6/c20-16(21)19(22,23)12-32-14-1-2-15(24-11-14)13-3-7-26(8-4-13)33(29,30)18(17(27)25-28)5-9-31-10-6-18;1-2/h1-2,11,13,16,28-30H,3-10,12H2,(H,25,27);1-2H3. The largest absolute Gasteiger partial charge is 0.485 e. The van der Waals surface area contributed by atoms with Crippen molar-refractivity contribution in [1.82, 2.24) is 14.8 Å². The summed E-state index contributed by atoms with van der Waals surface area (Å²) >= 11 is 0. The zero-order valence-electron chi connectivity index (χ0n) is 19.6. The van der Waals surface area contributed by atoms with Crippen LogP contribution in [0.4, 0.5) is 17.6 Å². The summed E-state index contributed by atoms with van der Waals surface area (Å²) in [5.74, 6) is -5.26. The molecule has 0 saturated carbocycles. The number of carbonyl (C=O) groups is 1. The normalized spacial score (nSPS) is 20.1. The van der Waals surface area contributed by atoms with E-state index in [0.717, 1.165) is 0 Å². The van der Waals surface area contributed by atoms with E-state index in [-0.39, 0.29) is 50.8 Å². The summed E-state index contributed by atoms with van der Waals surface area (Å²) in [4.78, 5) is 16.6. The van der Waals surface area contributed by atoms with Gasteiger partial charge in [-0.3, -0.25) is 24.1 Å². The van der Waals surface area contributed by atoms with Gasteiger partial charge in [-0.1, -0.05) is 13.8 Å². The Kier molecular flexibility index (Phi) is 10.5. The Labute approximate surface area is 203 Å². The number of halogens is 4. The highest BCUT2D eigenvalue weighted by Gasteiger charge is 2.54. The van der Waals surface area contributed by atoms with E-state index in [4.69, 9.17) is 9.47 Å². The first-order chi connectivity index (χ1) is 16.5. The minimum Gasteiger partial charge on any atom is -0.485 e. The average Bonchev–Trinajstić information content (AvgIpc) is 2.88. The monoisotopic (exact) mass is 531 g/mol. The third kappa shape index (κ3) is 6.54. The van der Waals surface area contributed by atoms with Crippen molar-refractivity contribution in [2.24, 2.45) is 0 Å². The third-order valence-corrected chi connectivity index (χ3v) is 8.81. The Balaban J connectivity index is 0.00000210. The number of hydrogen-bond acceptors (Lipinski definition) is 8. The van der Waals surface area contributed by atoms with Gasteiger partial charge in [-0.25, -0.2) is 18.6 Å². The van der Waals surface area contributed by atoms with Gasteiger partial charge in [0.25, 0.3) is 5.91 Å². The minimum atomic E-state index is -4.26. The summed E-state index contributed by atoms with van der Waals surface area (Å²) in [6.07, 6.45) is -1.60. The van der Waals surface area contributed by atoms with Gasteiger partial charge in [-0.15, -0.1) is 10.8 Å². The van der Waals surface area contributed by atoms with Crippen molar-refractivity contribution in [2.45, 2.75) is 62.5 Å². The number of amides is 1. The van der Waals surface area contributed by atoms with Gasteiger partial charge in [0.05, 0.1) is 6.20 Å². The number of hydrogen-bond donors (Lipinski definition) is 4. The number of nitrogens with zero attached hydrogens (tertiary/aromatic N) is 2. The van der Waals surface area contributed by atoms with Gasteiger partial charge in [-0.05, 0) is 25.0 Å². The van der Waals surface area contributed by atoms with Crippen LogP contribution in [0.25, 0.3) is 0 Å². The van der Waals surface area contributed by atoms with Gasteiger partial charge in [0, 0.05) is 50.8 Å². The summed E-state index contributed by atoms with van der Waals surface area (Å²) in [5.41, 5.74) is 2.17. The van der Waals surface area contributed by atoms with Crippen molar-refractivity contribution in [3.8, 4) is 5.75 Å². The Hall–Kier alpha value is -1.71. The number of hydroxylamine groups is 1. The lowest BCUT2D eigenvalue weighted by Gasteiger charge is -2.56. The number of ether oxygens (including phenoxy) is 2. The molecule has 9 nitrogen and oxygen atoms in total. The third-order valence-electron chi connectivity index (χ3n) is 6.08. The van der Waals surface area contributed by atoms with Gasteiger partial charge in [0.2, 0.25) is 0 Å². The predicted molar refractivity (Wildman–Crippen MR) is 121 cm³/mol. The molecule has 0 atom stereocenters. The molecule has 0 bridgehead atoms. The molecule has 2 saturated heterocycles. The molecule has 2 fully saturated rings. The minimum absolute atomic E-state index is 0.0509. The maximum Gasteiger partial charge on any atom is 0.340 e. The SMILES string of the molecule is CC.O=C(NO)C1(S(O)(O)N2CCC(c3ccc(OCC(F)(F)C(F)F)cn3)CC2)CCOCC1. The van der Waals surface area contributed by atoms with Crippen molar-refractivity contribution in [3.05, 3.63) is 24.0 Å². The molecule has 0 unspecified atom stereocenters. The number of carbonyl (C=O) groups excluding carboxylic acids is 1. The number of nitrogens with one attached hydrogen (secondary N) is 1.